The molecule has 2 aromatic rings. The Kier molecular flexibility index (Phi) is 4.75. The monoisotopic (exact) mass is 438 g/mol. The Labute approximate surface area is 185 Å². The van der Waals surface area contributed by atoms with Crippen LogP contribution in [-0.4, -0.2) is 55.0 Å². The first-order valence-electron chi connectivity index (χ1n) is 10.5. The Hall–Kier alpha value is -2.90. The lowest BCUT2D eigenvalue weighted by Crippen LogP contribution is -2.75. The van der Waals surface area contributed by atoms with Crippen molar-refractivity contribution < 1.29 is 14.4 Å². The lowest BCUT2D eigenvalue weighted by molar-refractivity contribution is -0.145. The highest BCUT2D eigenvalue weighted by Crippen LogP contribution is 2.48. The van der Waals surface area contributed by atoms with Crippen molar-refractivity contribution in [3.05, 3.63) is 59.1 Å². The lowest BCUT2D eigenvalue weighted by atomic mass is 9.67. The van der Waals surface area contributed by atoms with E-state index in [-0.39, 0.29) is 6.42 Å². The molecular formula is C23H23ClN4O3. The van der Waals surface area contributed by atoms with Gasteiger partial charge in [0.1, 0.15) is 0 Å². The maximum absolute atomic E-state index is 14.1. The average Bonchev–Trinajstić information content (AvgIpc) is 2.78. The lowest BCUT2D eigenvalue weighted by Gasteiger charge is -2.55. The summed E-state index contributed by atoms with van der Waals surface area (Å²) in [5.41, 5.74) is 0.727. The van der Waals surface area contributed by atoms with Gasteiger partial charge in [-0.05, 0) is 36.4 Å². The number of anilines is 2. The van der Waals surface area contributed by atoms with Gasteiger partial charge in [0.25, 0.3) is 5.91 Å². The molecule has 2 saturated heterocycles. The van der Waals surface area contributed by atoms with Gasteiger partial charge in [-0.2, -0.15) is 0 Å². The highest BCUT2D eigenvalue weighted by molar-refractivity contribution is 6.33. The van der Waals surface area contributed by atoms with Gasteiger partial charge in [0.2, 0.25) is 5.91 Å². The summed E-state index contributed by atoms with van der Waals surface area (Å²) in [5.74, 6) is -1.04. The van der Waals surface area contributed by atoms with Crippen molar-refractivity contribution in [2.24, 2.45) is 5.41 Å². The highest BCUT2D eigenvalue weighted by Gasteiger charge is 2.63. The van der Waals surface area contributed by atoms with Crippen LogP contribution in [0.3, 0.4) is 0 Å². The van der Waals surface area contributed by atoms with Crippen LogP contribution in [0, 0.1) is 5.41 Å². The number of hydrogen-bond donors (Lipinski definition) is 1. The normalized spacial score (nSPS) is 26.0. The number of carbonyl (C=O) groups excluding carboxylic acids is 3. The summed E-state index contributed by atoms with van der Waals surface area (Å²) in [7, 11) is 0. The highest BCUT2D eigenvalue weighted by atomic mass is 35.5. The SMILES string of the molecule is CCN1CCN2c3cccc(Cl)c3C[C@]3(C(=O)NC(=O)N(c4ccccc4)C3=O)[C@H]2C1. The molecule has 0 aromatic heterocycles. The Morgan fingerprint density at radius 2 is 1.84 bits per heavy atom. The van der Waals surface area contributed by atoms with Gasteiger partial charge in [-0.25, -0.2) is 9.69 Å². The van der Waals surface area contributed by atoms with Gasteiger partial charge < -0.3 is 4.90 Å². The summed E-state index contributed by atoms with van der Waals surface area (Å²) in [6, 6.07) is 13.3. The molecule has 0 bridgehead atoms. The molecule has 1 N–H and O–H groups in total. The minimum absolute atomic E-state index is 0.155. The van der Waals surface area contributed by atoms with Crippen LogP contribution in [0.1, 0.15) is 12.5 Å². The number of para-hydroxylation sites is 1. The van der Waals surface area contributed by atoms with E-state index in [4.69, 9.17) is 11.6 Å². The number of nitrogens with zero attached hydrogens (tertiary/aromatic N) is 3. The second kappa shape index (κ2) is 7.35. The Morgan fingerprint density at radius 1 is 1.06 bits per heavy atom. The molecule has 4 amide bonds. The third-order valence-electron chi connectivity index (χ3n) is 6.77. The molecule has 0 unspecified atom stereocenters. The van der Waals surface area contributed by atoms with Crippen molar-refractivity contribution in [3.63, 3.8) is 0 Å². The van der Waals surface area contributed by atoms with Crippen LogP contribution in [0.5, 0.6) is 0 Å². The fraction of sp³-hybridized carbons (Fsp3) is 0.348. The molecule has 0 saturated carbocycles. The summed E-state index contributed by atoms with van der Waals surface area (Å²) in [6.45, 7) is 4.94. The topological polar surface area (TPSA) is 73.0 Å². The molecule has 8 heteroatoms. The predicted molar refractivity (Wildman–Crippen MR) is 118 cm³/mol. The van der Waals surface area contributed by atoms with Crippen LogP contribution < -0.4 is 15.1 Å². The molecule has 7 nitrogen and oxygen atoms in total. The number of likely N-dealkylation sites (N-methyl/N-ethyl adjacent to an activating group) is 1. The quantitative estimate of drug-likeness (QED) is 0.730. The summed E-state index contributed by atoms with van der Waals surface area (Å²) >= 11 is 6.55. The van der Waals surface area contributed by atoms with E-state index in [0.717, 1.165) is 29.2 Å². The van der Waals surface area contributed by atoms with Crippen LogP contribution in [-0.2, 0) is 16.0 Å². The van der Waals surface area contributed by atoms with Crippen LogP contribution in [0.4, 0.5) is 16.2 Å². The van der Waals surface area contributed by atoms with Gasteiger partial charge in [0.05, 0.1) is 11.7 Å². The Bertz CT molecular complexity index is 1080. The van der Waals surface area contributed by atoms with Crippen molar-refractivity contribution in [2.75, 3.05) is 36.0 Å². The van der Waals surface area contributed by atoms with Crippen molar-refractivity contribution >= 4 is 40.8 Å². The summed E-state index contributed by atoms with van der Waals surface area (Å²) in [5, 5.41) is 3.00. The van der Waals surface area contributed by atoms with E-state index in [2.05, 4.69) is 22.0 Å². The first kappa shape index (κ1) is 20.0. The van der Waals surface area contributed by atoms with E-state index in [0.29, 0.717) is 23.8 Å². The standard InChI is InChI=1S/C23H23ClN4O3/c1-2-26-11-12-27-18-10-6-9-17(24)16(18)13-23(19(27)14-26)20(29)25-22(31)28(21(23)30)15-7-4-3-5-8-15/h3-10,19H,2,11-14H2,1H3,(H,25,29,31)/t19-,23-/m1/s1. The predicted octanol–water partition coefficient (Wildman–Crippen LogP) is 2.68. The van der Waals surface area contributed by atoms with Crippen LogP contribution in [0.15, 0.2) is 48.5 Å². The van der Waals surface area contributed by atoms with Crippen molar-refractivity contribution in [3.8, 4) is 0 Å². The van der Waals surface area contributed by atoms with Gasteiger partial charge in [-0.1, -0.05) is 42.8 Å². The largest absolute Gasteiger partial charge is 0.364 e. The Morgan fingerprint density at radius 3 is 2.58 bits per heavy atom. The van der Waals surface area contributed by atoms with E-state index in [1.165, 1.54) is 0 Å². The number of piperazine rings is 1. The van der Waals surface area contributed by atoms with E-state index in [1.807, 2.05) is 18.2 Å². The number of barbiturate groups is 1. The fourth-order valence-corrected chi connectivity index (χ4v) is 5.38. The average molecular weight is 439 g/mol. The second-order valence-electron chi connectivity index (χ2n) is 8.22. The number of hydrogen-bond acceptors (Lipinski definition) is 5. The van der Waals surface area contributed by atoms with Crippen molar-refractivity contribution in [1.29, 1.82) is 0 Å². The first-order valence-corrected chi connectivity index (χ1v) is 10.9. The smallest absolute Gasteiger partial charge is 0.335 e. The van der Waals surface area contributed by atoms with Crippen molar-refractivity contribution in [2.45, 2.75) is 19.4 Å². The van der Waals surface area contributed by atoms with E-state index < -0.39 is 29.3 Å². The molecule has 0 radical (unpaired) electrons. The minimum atomic E-state index is -1.45. The number of amides is 4. The minimum Gasteiger partial charge on any atom is -0.364 e. The molecule has 2 atom stereocenters. The van der Waals surface area contributed by atoms with E-state index >= 15 is 0 Å². The van der Waals surface area contributed by atoms with Crippen LogP contribution >= 0.6 is 11.6 Å². The number of halogens is 1. The zero-order valence-corrected chi connectivity index (χ0v) is 17.9. The van der Waals surface area contributed by atoms with Gasteiger partial charge in [-0.15, -0.1) is 0 Å². The molecular weight excluding hydrogens is 416 g/mol. The molecule has 31 heavy (non-hydrogen) atoms. The number of fused-ring (bicyclic) bond motifs is 4. The zero-order valence-electron chi connectivity index (χ0n) is 17.2. The molecule has 2 aromatic carbocycles. The summed E-state index contributed by atoms with van der Waals surface area (Å²) < 4.78 is 0. The molecule has 0 aliphatic carbocycles. The Balaban J connectivity index is 1.69. The first-order chi connectivity index (χ1) is 15.0. The molecule has 2 fully saturated rings. The third kappa shape index (κ3) is 2.87. The third-order valence-corrected chi connectivity index (χ3v) is 7.12. The molecule has 3 heterocycles. The van der Waals surface area contributed by atoms with Gasteiger partial charge >= 0.3 is 6.03 Å². The summed E-state index contributed by atoms with van der Waals surface area (Å²) in [6.07, 6.45) is 0.155. The summed E-state index contributed by atoms with van der Waals surface area (Å²) in [4.78, 5) is 45.8. The number of benzene rings is 2. The van der Waals surface area contributed by atoms with Gasteiger partial charge in [0, 0.05) is 36.8 Å². The number of urea groups is 1. The number of rotatable bonds is 2. The van der Waals surface area contributed by atoms with Gasteiger partial charge in [-0.3, -0.25) is 19.8 Å². The molecule has 5 rings (SSSR count). The maximum Gasteiger partial charge on any atom is 0.335 e. The molecule has 160 valence electrons. The van der Waals surface area contributed by atoms with E-state index in [1.54, 1.807) is 30.3 Å². The van der Waals surface area contributed by atoms with Crippen LogP contribution in [0.25, 0.3) is 0 Å². The number of nitrogens with one attached hydrogen (secondary N) is 1. The molecule has 3 aliphatic rings. The second-order valence-corrected chi connectivity index (χ2v) is 8.63. The molecule has 3 aliphatic heterocycles. The van der Waals surface area contributed by atoms with Crippen molar-refractivity contribution in [1.82, 2.24) is 10.2 Å². The fourth-order valence-electron chi connectivity index (χ4n) is 5.14. The molecule has 1 spiro atoms. The maximum atomic E-state index is 14.1. The van der Waals surface area contributed by atoms with Crippen LogP contribution in [0.2, 0.25) is 5.02 Å². The zero-order chi connectivity index (χ0) is 21.8. The van der Waals surface area contributed by atoms with Gasteiger partial charge in [0.15, 0.2) is 5.41 Å². The number of imide groups is 2. The van der Waals surface area contributed by atoms with E-state index in [9.17, 15) is 14.4 Å². The number of carbonyl (C=O) groups is 3.